The molecule has 0 aliphatic rings. The second kappa shape index (κ2) is 8.94. The first-order valence-corrected chi connectivity index (χ1v) is 8.62. The number of aromatic hydroxyl groups is 1. The first-order valence-electron chi connectivity index (χ1n) is 6.46. The Morgan fingerprint density at radius 1 is 1.04 bits per heavy atom. The zero-order valence-corrected chi connectivity index (χ0v) is 17.1. The molecule has 7 N–H and O–H groups in total. The molecule has 0 unspecified atom stereocenters. The van der Waals surface area contributed by atoms with Gasteiger partial charge in [-0.3, -0.25) is 0 Å². The van der Waals surface area contributed by atoms with Crippen molar-refractivity contribution in [2.75, 3.05) is 18.6 Å². The minimum absolute atomic E-state index is 0.117. The lowest BCUT2D eigenvalue weighted by Gasteiger charge is -2.06. The molecule has 10 heteroatoms. The van der Waals surface area contributed by atoms with Gasteiger partial charge in [-0.2, -0.15) is 0 Å². The molecule has 0 bridgehead atoms. The molecule has 0 heterocycles. The summed E-state index contributed by atoms with van der Waals surface area (Å²) in [5, 5.41) is 26.8. The quantitative estimate of drug-likeness (QED) is 0.278. The summed E-state index contributed by atoms with van der Waals surface area (Å²) >= 11 is 3.73. The molecule has 0 aliphatic heterocycles. The summed E-state index contributed by atoms with van der Waals surface area (Å²) in [6, 6.07) is 5.75. The predicted octanol–water partition coefficient (Wildman–Crippen LogP) is 2.86. The average Bonchev–Trinajstić information content (AvgIpc) is 2.56. The maximum Gasteiger partial charge on any atom is 0.339 e. The van der Waals surface area contributed by atoms with Gasteiger partial charge >= 0.3 is 11.9 Å². The minimum Gasteiger partial charge on any atom is -0.506 e. The number of benzene rings is 2. The summed E-state index contributed by atoms with van der Waals surface area (Å²) in [4.78, 5) is 21.2. The standard InChI is InChI=1S/C8H9NO3.C7H5I2NO3/c1-12-7-4-5(9)2-3-6(7)8(10)11;8-3-1-2(7(12)13)6(11)4(9)5(3)10/h2-4H,9H2,1H3,(H,10,11);1,11H,10H2,(H,12,13). The van der Waals surface area contributed by atoms with E-state index in [0.717, 1.165) is 0 Å². The lowest BCUT2D eigenvalue weighted by molar-refractivity contribution is 0.0682. The molecule has 8 nitrogen and oxygen atoms in total. The van der Waals surface area contributed by atoms with Gasteiger partial charge in [-0.05, 0) is 63.4 Å². The number of anilines is 2. The Balaban J connectivity index is 0.000000251. The molecule has 0 aromatic heterocycles. The Hall–Kier alpha value is -1.96. The third-order valence-corrected chi connectivity index (χ3v) is 4.90. The fraction of sp³-hybridized carbons (Fsp3) is 0.0667. The zero-order valence-electron chi connectivity index (χ0n) is 12.8. The van der Waals surface area contributed by atoms with Gasteiger partial charge in [0.15, 0.2) is 0 Å². The van der Waals surface area contributed by atoms with E-state index in [1.807, 2.05) is 45.2 Å². The zero-order chi connectivity index (χ0) is 19.3. The number of carboxylic acids is 2. The van der Waals surface area contributed by atoms with Crippen LogP contribution in [0.1, 0.15) is 20.7 Å². The lowest BCUT2D eigenvalue weighted by atomic mass is 10.2. The Morgan fingerprint density at radius 2 is 1.60 bits per heavy atom. The van der Waals surface area contributed by atoms with E-state index in [1.165, 1.54) is 31.4 Å². The van der Waals surface area contributed by atoms with E-state index in [2.05, 4.69) is 0 Å². The van der Waals surface area contributed by atoms with Crippen LogP contribution in [0.15, 0.2) is 24.3 Å². The predicted molar refractivity (Wildman–Crippen MR) is 109 cm³/mol. The number of hydrogen-bond acceptors (Lipinski definition) is 6. The van der Waals surface area contributed by atoms with Crippen molar-refractivity contribution < 1.29 is 29.6 Å². The van der Waals surface area contributed by atoms with Crippen molar-refractivity contribution in [3.8, 4) is 11.5 Å². The largest absolute Gasteiger partial charge is 0.506 e. The number of hydrogen-bond donors (Lipinski definition) is 5. The summed E-state index contributed by atoms with van der Waals surface area (Å²) in [5.41, 5.74) is 11.9. The van der Waals surface area contributed by atoms with Crippen LogP contribution in [0.2, 0.25) is 0 Å². The first-order chi connectivity index (χ1) is 11.6. The van der Waals surface area contributed by atoms with E-state index >= 15 is 0 Å². The van der Waals surface area contributed by atoms with Crippen molar-refractivity contribution in [3.63, 3.8) is 0 Å². The van der Waals surface area contributed by atoms with Crippen molar-refractivity contribution in [1.29, 1.82) is 0 Å². The van der Waals surface area contributed by atoms with Crippen molar-refractivity contribution in [3.05, 3.63) is 42.5 Å². The number of rotatable bonds is 3. The normalized spacial score (nSPS) is 9.72. The highest BCUT2D eigenvalue weighted by molar-refractivity contribution is 14.1. The van der Waals surface area contributed by atoms with Gasteiger partial charge in [-0.25, -0.2) is 9.59 Å². The van der Waals surface area contributed by atoms with Gasteiger partial charge in [0.2, 0.25) is 0 Å². The second-order valence-corrected chi connectivity index (χ2v) is 6.79. The van der Waals surface area contributed by atoms with E-state index in [1.54, 1.807) is 0 Å². The molecule has 2 rings (SSSR count). The second-order valence-electron chi connectivity index (χ2n) is 4.55. The molecule has 0 radical (unpaired) electrons. The Bertz CT molecular complexity index is 826. The van der Waals surface area contributed by atoms with Crippen LogP contribution in [0, 0.1) is 7.14 Å². The molecular weight excluding hydrogens is 558 g/mol. The fourth-order valence-electron chi connectivity index (χ4n) is 1.67. The first kappa shape index (κ1) is 21.1. The number of nitrogens with two attached hydrogens (primary N) is 2. The molecule has 134 valence electrons. The van der Waals surface area contributed by atoms with Gasteiger partial charge in [-0.1, -0.05) is 0 Å². The van der Waals surface area contributed by atoms with Crippen molar-refractivity contribution in [2.45, 2.75) is 0 Å². The number of halogens is 2. The van der Waals surface area contributed by atoms with Crippen molar-refractivity contribution in [2.24, 2.45) is 0 Å². The molecule has 25 heavy (non-hydrogen) atoms. The van der Waals surface area contributed by atoms with Crippen LogP contribution < -0.4 is 16.2 Å². The molecule has 0 saturated heterocycles. The van der Waals surface area contributed by atoms with Gasteiger partial charge in [0, 0.05) is 15.3 Å². The van der Waals surface area contributed by atoms with E-state index in [4.69, 9.17) is 26.4 Å². The number of ether oxygens (including phenoxy) is 1. The van der Waals surface area contributed by atoms with Crippen LogP contribution in [0.4, 0.5) is 11.4 Å². The number of aromatic carboxylic acids is 2. The van der Waals surface area contributed by atoms with Gasteiger partial charge in [-0.15, -0.1) is 0 Å². The molecular formula is C15H14I2N2O6. The molecule has 0 saturated carbocycles. The van der Waals surface area contributed by atoms with Gasteiger partial charge in [0.1, 0.15) is 22.6 Å². The van der Waals surface area contributed by atoms with Crippen LogP contribution in [0.25, 0.3) is 0 Å². The maximum atomic E-state index is 10.6. The number of carboxylic acid groups (broad SMARTS) is 2. The van der Waals surface area contributed by atoms with Crippen molar-refractivity contribution in [1.82, 2.24) is 0 Å². The smallest absolute Gasteiger partial charge is 0.339 e. The van der Waals surface area contributed by atoms with Gasteiger partial charge in [0.05, 0.1) is 16.4 Å². The van der Waals surface area contributed by atoms with Crippen molar-refractivity contribution >= 4 is 68.5 Å². The van der Waals surface area contributed by atoms with Crippen LogP contribution in [-0.4, -0.2) is 34.4 Å². The number of phenols is 1. The monoisotopic (exact) mass is 572 g/mol. The molecule has 0 spiro atoms. The molecule has 0 fully saturated rings. The third kappa shape index (κ3) is 5.26. The van der Waals surface area contributed by atoms with Crippen LogP contribution in [-0.2, 0) is 0 Å². The molecule has 0 atom stereocenters. The highest BCUT2D eigenvalue weighted by atomic mass is 127. The number of carbonyl (C=O) groups is 2. The van der Waals surface area contributed by atoms with Crippen LogP contribution in [0.5, 0.6) is 11.5 Å². The highest BCUT2D eigenvalue weighted by Gasteiger charge is 2.16. The molecule has 0 aliphatic carbocycles. The van der Waals surface area contributed by atoms with E-state index < -0.39 is 11.9 Å². The Morgan fingerprint density at radius 3 is 2.08 bits per heavy atom. The average molecular weight is 572 g/mol. The fourth-order valence-corrected chi connectivity index (χ4v) is 3.35. The van der Waals surface area contributed by atoms with E-state index in [9.17, 15) is 14.7 Å². The minimum atomic E-state index is -1.16. The topological polar surface area (TPSA) is 156 Å². The summed E-state index contributed by atoms with van der Waals surface area (Å²) < 4.78 is 5.83. The van der Waals surface area contributed by atoms with Gasteiger partial charge in [0.25, 0.3) is 0 Å². The summed E-state index contributed by atoms with van der Waals surface area (Å²) in [6.45, 7) is 0. The molecule has 0 amide bonds. The maximum absolute atomic E-state index is 10.6. The molecule has 2 aromatic rings. The Kier molecular flexibility index (Phi) is 7.54. The van der Waals surface area contributed by atoms with E-state index in [-0.39, 0.29) is 22.6 Å². The Labute approximate surface area is 170 Å². The lowest BCUT2D eigenvalue weighted by Crippen LogP contribution is -2.02. The summed E-state index contributed by atoms with van der Waals surface area (Å²) in [7, 11) is 1.40. The summed E-state index contributed by atoms with van der Waals surface area (Å²) in [6.07, 6.45) is 0. The van der Waals surface area contributed by atoms with Gasteiger partial charge < -0.3 is 31.5 Å². The third-order valence-electron chi connectivity index (χ3n) is 2.91. The van der Waals surface area contributed by atoms with Crippen LogP contribution in [0.3, 0.4) is 0 Å². The van der Waals surface area contributed by atoms with Crippen LogP contribution >= 0.6 is 45.2 Å². The number of methoxy groups -OCH3 is 1. The molecule has 2 aromatic carbocycles. The summed E-state index contributed by atoms with van der Waals surface area (Å²) in [5.74, 6) is -2.17. The number of nitrogen functional groups attached to an aromatic ring is 2. The highest BCUT2D eigenvalue weighted by Crippen LogP contribution is 2.33. The van der Waals surface area contributed by atoms with E-state index in [0.29, 0.717) is 18.5 Å². The SMILES string of the molecule is COc1cc(N)ccc1C(=O)O.Nc1c(I)cc(C(=O)O)c(O)c1I.